The van der Waals surface area contributed by atoms with E-state index in [-0.39, 0.29) is 12.6 Å². The van der Waals surface area contributed by atoms with Crippen molar-refractivity contribution in [3.63, 3.8) is 0 Å². The minimum Gasteiger partial charge on any atom is -0.497 e. The number of aryl methyl sites for hydroxylation is 2. The first-order valence-corrected chi connectivity index (χ1v) is 8.27. The van der Waals surface area contributed by atoms with Crippen molar-refractivity contribution in [2.75, 3.05) is 26.1 Å². The molecular formula is C20H24N2O4. The molecule has 6 heteroatoms. The normalized spacial score (nSPS) is 11.5. The van der Waals surface area contributed by atoms with Crippen LogP contribution < -0.4 is 15.4 Å². The zero-order valence-electron chi connectivity index (χ0n) is 15.5. The van der Waals surface area contributed by atoms with Gasteiger partial charge in [0.25, 0.3) is 0 Å². The highest BCUT2D eigenvalue weighted by atomic mass is 16.5. The quantitative estimate of drug-likeness (QED) is 0.781. The summed E-state index contributed by atoms with van der Waals surface area (Å²) < 4.78 is 10.6. The van der Waals surface area contributed by atoms with Gasteiger partial charge in [0, 0.05) is 19.3 Å². The molecule has 0 fully saturated rings. The van der Waals surface area contributed by atoms with E-state index >= 15 is 0 Å². The molecule has 0 saturated heterocycles. The Labute approximate surface area is 153 Å². The molecule has 0 radical (unpaired) electrons. The second kappa shape index (κ2) is 9.01. The summed E-state index contributed by atoms with van der Waals surface area (Å²) in [6.45, 7) is 4.03. The second-order valence-corrected chi connectivity index (χ2v) is 6.04. The maximum atomic E-state index is 12.1. The number of carbonyl (C=O) groups excluding carboxylic acids is 2. The van der Waals surface area contributed by atoms with Gasteiger partial charge < -0.3 is 20.1 Å². The lowest BCUT2D eigenvalue weighted by molar-refractivity contribution is -0.136. The summed E-state index contributed by atoms with van der Waals surface area (Å²) in [4.78, 5) is 24.2. The van der Waals surface area contributed by atoms with E-state index in [1.165, 1.54) is 0 Å². The highest BCUT2D eigenvalue weighted by molar-refractivity contribution is 6.39. The van der Waals surface area contributed by atoms with Gasteiger partial charge in [0.15, 0.2) is 0 Å². The first kappa shape index (κ1) is 19.5. The molecule has 0 heterocycles. The molecule has 1 unspecified atom stereocenters. The van der Waals surface area contributed by atoms with Crippen LogP contribution in [0.4, 0.5) is 5.69 Å². The summed E-state index contributed by atoms with van der Waals surface area (Å²) in [5, 5.41) is 5.21. The average molecular weight is 356 g/mol. The van der Waals surface area contributed by atoms with Crippen LogP contribution >= 0.6 is 0 Å². The predicted octanol–water partition coefficient (Wildman–Crippen LogP) is 2.75. The number of carbonyl (C=O) groups is 2. The van der Waals surface area contributed by atoms with Crippen molar-refractivity contribution in [1.82, 2.24) is 5.32 Å². The summed E-state index contributed by atoms with van der Waals surface area (Å²) >= 11 is 0. The molecule has 2 aromatic rings. The highest BCUT2D eigenvalue weighted by Gasteiger charge is 2.17. The number of hydrogen-bond acceptors (Lipinski definition) is 4. The highest BCUT2D eigenvalue weighted by Crippen LogP contribution is 2.21. The van der Waals surface area contributed by atoms with Crippen LogP contribution in [0.2, 0.25) is 0 Å². The van der Waals surface area contributed by atoms with Crippen molar-refractivity contribution in [2.24, 2.45) is 0 Å². The Bertz CT molecular complexity index is 769. The summed E-state index contributed by atoms with van der Waals surface area (Å²) in [7, 11) is 3.13. The van der Waals surface area contributed by atoms with Gasteiger partial charge in [-0.2, -0.15) is 0 Å². The standard InChI is InChI=1S/C20H24N2O4/c1-13-8-14(2)10-16(9-13)22-20(24)19(23)21-12-18(26-4)15-6-5-7-17(11-15)25-3/h5-11,18H,12H2,1-4H3,(H,21,23)(H,22,24). The predicted molar refractivity (Wildman–Crippen MR) is 100 cm³/mol. The zero-order chi connectivity index (χ0) is 19.1. The summed E-state index contributed by atoms with van der Waals surface area (Å²) in [5.41, 5.74) is 3.47. The number of benzene rings is 2. The first-order chi connectivity index (χ1) is 12.4. The summed E-state index contributed by atoms with van der Waals surface area (Å²) in [6.07, 6.45) is -0.386. The van der Waals surface area contributed by atoms with E-state index in [1.807, 2.05) is 56.3 Å². The summed E-state index contributed by atoms with van der Waals surface area (Å²) in [6, 6.07) is 13.0. The number of anilines is 1. The fourth-order valence-electron chi connectivity index (χ4n) is 2.68. The Kier molecular flexibility index (Phi) is 6.74. The second-order valence-electron chi connectivity index (χ2n) is 6.04. The van der Waals surface area contributed by atoms with Crippen molar-refractivity contribution < 1.29 is 19.1 Å². The number of ether oxygens (including phenoxy) is 2. The van der Waals surface area contributed by atoms with E-state index in [2.05, 4.69) is 10.6 Å². The Morgan fingerprint density at radius 1 is 1.00 bits per heavy atom. The average Bonchev–Trinajstić information content (AvgIpc) is 2.61. The van der Waals surface area contributed by atoms with Gasteiger partial charge in [-0.25, -0.2) is 0 Å². The van der Waals surface area contributed by atoms with Crippen molar-refractivity contribution in [3.05, 3.63) is 59.2 Å². The molecule has 1 atom stereocenters. The molecule has 0 aliphatic heterocycles. The molecular weight excluding hydrogens is 332 g/mol. The lowest BCUT2D eigenvalue weighted by atomic mass is 10.1. The first-order valence-electron chi connectivity index (χ1n) is 8.27. The third-order valence-corrected chi connectivity index (χ3v) is 3.88. The van der Waals surface area contributed by atoms with Gasteiger partial charge in [-0.3, -0.25) is 9.59 Å². The van der Waals surface area contributed by atoms with Crippen LogP contribution in [0.15, 0.2) is 42.5 Å². The number of rotatable bonds is 6. The van der Waals surface area contributed by atoms with Gasteiger partial charge in [-0.05, 0) is 54.8 Å². The van der Waals surface area contributed by atoms with Crippen LogP contribution in [0.3, 0.4) is 0 Å². The summed E-state index contributed by atoms with van der Waals surface area (Å²) in [5.74, 6) is -0.729. The van der Waals surface area contributed by atoms with E-state index in [1.54, 1.807) is 14.2 Å². The molecule has 2 amide bonds. The molecule has 6 nitrogen and oxygen atoms in total. The smallest absolute Gasteiger partial charge is 0.313 e. The van der Waals surface area contributed by atoms with Crippen LogP contribution in [-0.4, -0.2) is 32.6 Å². The largest absolute Gasteiger partial charge is 0.497 e. The van der Waals surface area contributed by atoms with Crippen molar-refractivity contribution in [1.29, 1.82) is 0 Å². The van der Waals surface area contributed by atoms with Crippen molar-refractivity contribution in [3.8, 4) is 5.75 Å². The van der Waals surface area contributed by atoms with E-state index < -0.39 is 11.8 Å². The van der Waals surface area contributed by atoms with E-state index in [9.17, 15) is 9.59 Å². The Hall–Kier alpha value is -2.86. The lowest BCUT2D eigenvalue weighted by Crippen LogP contribution is -2.38. The van der Waals surface area contributed by atoms with Gasteiger partial charge in [0.05, 0.1) is 13.2 Å². The van der Waals surface area contributed by atoms with Crippen LogP contribution in [0.5, 0.6) is 5.75 Å². The monoisotopic (exact) mass is 356 g/mol. The molecule has 0 aliphatic carbocycles. The third kappa shape index (κ3) is 5.32. The van der Waals surface area contributed by atoms with E-state index in [0.717, 1.165) is 16.7 Å². The molecule has 0 bridgehead atoms. The Morgan fingerprint density at radius 2 is 1.69 bits per heavy atom. The number of methoxy groups -OCH3 is 2. The van der Waals surface area contributed by atoms with Gasteiger partial charge in [0.1, 0.15) is 5.75 Å². The molecule has 138 valence electrons. The SMILES string of the molecule is COc1cccc(C(CNC(=O)C(=O)Nc2cc(C)cc(C)c2)OC)c1. The number of amides is 2. The fourth-order valence-corrected chi connectivity index (χ4v) is 2.68. The number of nitrogens with one attached hydrogen (secondary N) is 2. The molecule has 0 aromatic heterocycles. The molecule has 2 N–H and O–H groups in total. The molecule has 2 rings (SSSR count). The van der Waals surface area contributed by atoms with E-state index in [4.69, 9.17) is 9.47 Å². The number of hydrogen-bond donors (Lipinski definition) is 2. The van der Waals surface area contributed by atoms with Gasteiger partial charge in [-0.15, -0.1) is 0 Å². The topological polar surface area (TPSA) is 76.7 Å². The Morgan fingerprint density at radius 3 is 2.31 bits per heavy atom. The zero-order valence-corrected chi connectivity index (χ0v) is 15.5. The van der Waals surface area contributed by atoms with Gasteiger partial charge in [-0.1, -0.05) is 18.2 Å². The maximum absolute atomic E-state index is 12.1. The van der Waals surface area contributed by atoms with Crippen molar-refractivity contribution in [2.45, 2.75) is 20.0 Å². The molecule has 0 saturated carbocycles. The van der Waals surface area contributed by atoms with Crippen LogP contribution in [0, 0.1) is 13.8 Å². The van der Waals surface area contributed by atoms with Crippen LogP contribution in [-0.2, 0) is 14.3 Å². The van der Waals surface area contributed by atoms with E-state index in [0.29, 0.717) is 11.4 Å². The Balaban J connectivity index is 1.96. The minimum absolute atomic E-state index is 0.169. The molecule has 26 heavy (non-hydrogen) atoms. The fraction of sp³-hybridized carbons (Fsp3) is 0.300. The molecule has 2 aromatic carbocycles. The molecule has 0 aliphatic rings. The molecule has 0 spiro atoms. The third-order valence-electron chi connectivity index (χ3n) is 3.88. The minimum atomic E-state index is -0.714. The van der Waals surface area contributed by atoms with Gasteiger partial charge in [0.2, 0.25) is 0 Å². The van der Waals surface area contributed by atoms with Gasteiger partial charge >= 0.3 is 11.8 Å². The lowest BCUT2D eigenvalue weighted by Gasteiger charge is -2.17. The van der Waals surface area contributed by atoms with Crippen LogP contribution in [0.1, 0.15) is 22.8 Å². The maximum Gasteiger partial charge on any atom is 0.313 e. The van der Waals surface area contributed by atoms with Crippen molar-refractivity contribution >= 4 is 17.5 Å². The van der Waals surface area contributed by atoms with Crippen LogP contribution in [0.25, 0.3) is 0 Å².